The van der Waals surface area contributed by atoms with Crippen LogP contribution in [0.5, 0.6) is 0 Å². The number of nitrogens with one attached hydrogen (secondary N) is 1. The maximum atomic E-state index is 14.9. The molecule has 4 aromatic rings. The number of amides is 2. The number of benzene rings is 2. The Morgan fingerprint density at radius 1 is 0.723 bits per heavy atom. The number of pyridine rings is 2. The predicted octanol–water partition coefficient (Wildman–Crippen LogP) is 7.09. The van der Waals surface area contributed by atoms with E-state index in [1.165, 1.54) is 35.8 Å². The second kappa shape index (κ2) is 23.6. The smallest absolute Gasteiger partial charge is 0.414 e. The van der Waals surface area contributed by atoms with E-state index in [1.807, 2.05) is 46.8 Å². The fraction of sp³-hybridized carbons (Fsp3) is 0.356. The highest BCUT2D eigenvalue weighted by Crippen LogP contribution is 2.32. The van der Waals surface area contributed by atoms with Gasteiger partial charge in [-0.15, -0.1) is 12.4 Å². The van der Waals surface area contributed by atoms with E-state index < -0.39 is 23.8 Å². The number of cyclic esters (lactones) is 2. The van der Waals surface area contributed by atoms with E-state index in [0.717, 1.165) is 37.8 Å². The number of ketones is 2. The number of hydrogen-bond acceptors (Lipinski definition) is 15. The number of rotatable bonds is 12. The first kappa shape index (κ1) is 50.6. The van der Waals surface area contributed by atoms with E-state index in [2.05, 4.69) is 25.6 Å². The second-order valence-electron chi connectivity index (χ2n) is 15.0. The maximum absolute atomic E-state index is 14.9. The van der Waals surface area contributed by atoms with Crippen molar-refractivity contribution in [2.24, 2.45) is 10.2 Å². The summed E-state index contributed by atoms with van der Waals surface area (Å²) in [7, 11) is 1.91. The van der Waals surface area contributed by atoms with Gasteiger partial charge >= 0.3 is 12.2 Å². The largest absolute Gasteiger partial charge is 0.444 e. The van der Waals surface area contributed by atoms with Crippen LogP contribution in [0.3, 0.4) is 0 Å². The Labute approximate surface area is 382 Å². The van der Waals surface area contributed by atoms with E-state index in [1.54, 1.807) is 55.4 Å². The van der Waals surface area contributed by atoms with Gasteiger partial charge < -0.3 is 39.1 Å². The molecule has 4 aliphatic rings. The Bertz CT molecular complexity index is 2340. The van der Waals surface area contributed by atoms with Gasteiger partial charge in [-0.25, -0.2) is 28.3 Å². The van der Waals surface area contributed by atoms with Gasteiger partial charge in [-0.2, -0.15) is 10.2 Å². The minimum atomic E-state index is -0.528. The summed E-state index contributed by atoms with van der Waals surface area (Å²) in [4.78, 5) is 70.1. The first-order valence-corrected chi connectivity index (χ1v) is 20.2. The molecule has 0 bridgehead atoms. The quantitative estimate of drug-likeness (QED) is 0.152. The minimum Gasteiger partial charge on any atom is -0.444 e. The summed E-state index contributed by atoms with van der Waals surface area (Å²) in [5.74, 6) is 0.665. The Balaban J connectivity index is 0.000000266. The lowest BCUT2D eigenvalue weighted by Crippen LogP contribution is -2.36. The third-order valence-corrected chi connectivity index (χ3v) is 10.4. The average Bonchev–Trinajstić information content (AvgIpc) is 3.87. The van der Waals surface area contributed by atoms with Crippen molar-refractivity contribution in [1.82, 2.24) is 20.4 Å². The first-order chi connectivity index (χ1) is 30.4. The predicted molar refractivity (Wildman–Crippen MR) is 248 cm³/mol. The van der Waals surface area contributed by atoms with E-state index in [-0.39, 0.29) is 43.6 Å². The van der Waals surface area contributed by atoms with Gasteiger partial charge in [0.1, 0.15) is 66.5 Å². The molecule has 2 atom stereocenters. The van der Waals surface area contributed by atoms with Crippen LogP contribution in [0.1, 0.15) is 47.0 Å². The van der Waals surface area contributed by atoms with Crippen LogP contribution in [-0.4, -0.2) is 117 Å². The first-order valence-electron chi connectivity index (χ1n) is 20.2. The minimum absolute atomic E-state index is 0. The highest BCUT2D eigenvalue weighted by Gasteiger charge is 2.34. The second-order valence-corrected chi connectivity index (χ2v) is 15.0. The molecule has 0 spiro atoms. The molecule has 0 radical (unpaired) electrons. The molecule has 17 nitrogen and oxygen atoms in total. The molecule has 2 amide bonds. The zero-order valence-corrected chi connectivity index (χ0v) is 36.4. The molecule has 0 aliphatic carbocycles. The standard InChI is InChI=1S/C22H24FN5O3.C21H22FN5O3.CH2O.CH4.ClH/c1-15(29)3-6-18-13-28(22(30)31-18)17-5-7-19(20(23)11-17)16-4-8-21(24-12-16)27-10-9-26(2)25-14-27;1-14(28)2-5-17-12-27(21(29)30-17)16-4-6-18(19(22)10-16)15-3-7-20(23-11-15)26-9-8-24-25-13-26;1-2;;/h4-5,7-8,11-12,14,18H,3,6,9-10,13H2,1-2H3;3-4,6-7,10-11,13,17,24H,2,5,8-9,12H2,1H3;1H2;1H4;1H/t18-;17-;;;/m00.../s1. The van der Waals surface area contributed by atoms with E-state index in [0.29, 0.717) is 72.4 Å². The molecule has 0 saturated carbocycles. The number of Topliss-reactive ketones (excluding diaryl/α,β-unsaturated/α-hetero) is 2. The van der Waals surface area contributed by atoms with Crippen LogP contribution in [-0.2, 0) is 23.9 Å². The van der Waals surface area contributed by atoms with Gasteiger partial charge in [-0.3, -0.25) is 14.8 Å². The van der Waals surface area contributed by atoms with Gasteiger partial charge in [0.2, 0.25) is 0 Å². The zero-order chi connectivity index (χ0) is 45.0. The fourth-order valence-electron chi connectivity index (χ4n) is 7.01. The van der Waals surface area contributed by atoms with Crippen molar-refractivity contribution in [3.8, 4) is 22.3 Å². The van der Waals surface area contributed by atoms with Crippen LogP contribution in [0.2, 0.25) is 0 Å². The van der Waals surface area contributed by atoms with Crippen molar-refractivity contribution in [1.29, 1.82) is 0 Å². The highest BCUT2D eigenvalue weighted by molar-refractivity contribution is 5.91. The van der Waals surface area contributed by atoms with Crippen molar-refractivity contribution in [3.63, 3.8) is 0 Å². The van der Waals surface area contributed by atoms with Crippen molar-refractivity contribution in [2.75, 3.05) is 65.9 Å². The SMILES string of the molecule is C.C=O.CC(=O)CC[C@H]1CN(c2ccc(-c3ccc(N4C=NN(C)CC4)nc3)c(F)c2)C(=O)O1.CC(=O)CC[C@H]1CN(c2ccc(-c3ccc(N4C=NNCC4)nc3)c(F)c2)C(=O)O1.Cl. The van der Waals surface area contributed by atoms with Crippen molar-refractivity contribution >= 4 is 78.6 Å². The average molecular weight is 919 g/mol. The molecule has 6 heterocycles. The summed E-state index contributed by atoms with van der Waals surface area (Å²) < 4.78 is 40.3. The summed E-state index contributed by atoms with van der Waals surface area (Å²) in [5, 5.41) is 10.1. The number of hydrazone groups is 2. The number of halogens is 3. The fourth-order valence-corrected chi connectivity index (χ4v) is 7.01. The molecule has 65 heavy (non-hydrogen) atoms. The normalized spacial score (nSPS) is 17.3. The van der Waals surface area contributed by atoms with Gasteiger partial charge in [-0.05, 0) is 87.4 Å². The van der Waals surface area contributed by atoms with Crippen LogP contribution < -0.4 is 25.0 Å². The van der Waals surface area contributed by atoms with Gasteiger partial charge in [0, 0.05) is 67.6 Å². The van der Waals surface area contributed by atoms with Crippen molar-refractivity contribution < 1.29 is 42.2 Å². The molecule has 2 aromatic heterocycles. The van der Waals surface area contributed by atoms with Crippen LogP contribution in [0.25, 0.3) is 22.3 Å². The summed E-state index contributed by atoms with van der Waals surface area (Å²) in [6, 6.07) is 16.5. The summed E-state index contributed by atoms with van der Waals surface area (Å²) in [6.45, 7) is 8.65. The molecule has 1 N–H and O–H groups in total. The molecule has 4 aliphatic heterocycles. The summed E-state index contributed by atoms with van der Waals surface area (Å²) in [5.41, 5.74) is 5.80. The Hall–Kier alpha value is -7.02. The number of likely N-dealkylation sites (N-methyl/N-ethyl adjacent to an activating group) is 1. The van der Waals surface area contributed by atoms with E-state index >= 15 is 0 Å². The molecule has 2 aromatic carbocycles. The Kier molecular flexibility index (Phi) is 18.4. The molecule has 346 valence electrons. The molecular formula is C45H53ClF2N10O7. The molecule has 2 fully saturated rings. The Morgan fingerprint density at radius 3 is 1.57 bits per heavy atom. The zero-order valence-electron chi connectivity index (χ0n) is 35.6. The van der Waals surface area contributed by atoms with Gasteiger partial charge in [0.15, 0.2) is 0 Å². The van der Waals surface area contributed by atoms with Crippen LogP contribution >= 0.6 is 12.4 Å². The van der Waals surface area contributed by atoms with E-state index in [4.69, 9.17) is 14.3 Å². The lowest BCUT2D eigenvalue weighted by molar-refractivity contribution is -0.118. The summed E-state index contributed by atoms with van der Waals surface area (Å²) in [6.07, 6.45) is 6.47. The number of hydrogen-bond donors (Lipinski definition) is 1. The number of ether oxygens (including phenoxy) is 2. The van der Waals surface area contributed by atoms with Crippen LogP contribution in [0.4, 0.5) is 41.4 Å². The lowest BCUT2D eigenvalue weighted by atomic mass is 10.1. The highest BCUT2D eigenvalue weighted by atomic mass is 35.5. The number of carbonyl (C=O) groups excluding carboxylic acids is 5. The monoisotopic (exact) mass is 918 g/mol. The number of aromatic nitrogens is 2. The molecule has 2 saturated heterocycles. The summed E-state index contributed by atoms with van der Waals surface area (Å²) >= 11 is 0. The topological polar surface area (TPSA) is 183 Å². The molecule has 0 unspecified atom stereocenters. The number of anilines is 4. The third-order valence-electron chi connectivity index (χ3n) is 10.4. The third kappa shape index (κ3) is 13.0. The molecular weight excluding hydrogens is 866 g/mol. The maximum Gasteiger partial charge on any atom is 0.414 e. The van der Waals surface area contributed by atoms with E-state index in [9.17, 15) is 28.0 Å². The Morgan fingerprint density at radius 2 is 1.20 bits per heavy atom. The number of nitrogens with zero attached hydrogens (tertiary/aromatic N) is 9. The van der Waals surface area contributed by atoms with Gasteiger partial charge in [0.05, 0.1) is 37.6 Å². The van der Waals surface area contributed by atoms with Gasteiger partial charge in [-0.1, -0.05) is 7.43 Å². The van der Waals surface area contributed by atoms with Crippen LogP contribution in [0, 0.1) is 11.6 Å². The lowest BCUT2D eigenvalue weighted by Gasteiger charge is -2.26. The van der Waals surface area contributed by atoms with Crippen molar-refractivity contribution in [3.05, 3.63) is 84.7 Å². The molecule has 8 rings (SSSR count). The number of carbonyl (C=O) groups is 5. The van der Waals surface area contributed by atoms with Gasteiger partial charge in [0.25, 0.3) is 0 Å². The molecule has 20 heteroatoms. The van der Waals surface area contributed by atoms with Crippen molar-refractivity contribution in [2.45, 2.75) is 59.2 Å². The van der Waals surface area contributed by atoms with Crippen LogP contribution in [0.15, 0.2) is 83.3 Å².